The quantitative estimate of drug-likeness (QED) is 0.178. The molecule has 1 aromatic heterocycles. The van der Waals surface area contributed by atoms with Crippen LogP contribution < -0.4 is 11.5 Å². The Balaban J connectivity index is 0.000000892. The highest BCUT2D eigenvalue weighted by atomic mass is 16.3. The van der Waals surface area contributed by atoms with E-state index in [0.29, 0.717) is 23.0 Å². The summed E-state index contributed by atoms with van der Waals surface area (Å²) < 4.78 is 6.69. The molecular weight excluding hydrogens is 661 g/mol. The lowest BCUT2D eigenvalue weighted by molar-refractivity contribution is 0.433. The van der Waals surface area contributed by atoms with Crippen molar-refractivity contribution >= 4 is 27.5 Å². The first-order valence-corrected chi connectivity index (χ1v) is 18.7. The molecule has 7 aromatic rings. The molecule has 1 aliphatic carbocycles. The van der Waals surface area contributed by atoms with Gasteiger partial charge in [0.15, 0.2) is 0 Å². The van der Waals surface area contributed by atoms with Gasteiger partial charge in [0.2, 0.25) is 0 Å². The van der Waals surface area contributed by atoms with Gasteiger partial charge in [-0.05, 0) is 121 Å². The molecule has 1 unspecified atom stereocenters. The Kier molecular flexibility index (Phi) is 13.7. The molecule has 0 bridgehead atoms. The summed E-state index contributed by atoms with van der Waals surface area (Å²) in [6.45, 7) is 4.00. The van der Waals surface area contributed by atoms with Crippen molar-refractivity contribution in [1.29, 1.82) is 10.5 Å². The van der Waals surface area contributed by atoms with Crippen LogP contribution in [-0.4, -0.2) is 14.1 Å². The molecule has 270 valence electrons. The van der Waals surface area contributed by atoms with E-state index < -0.39 is 0 Å². The normalized spacial score (nSPS) is 13.2. The lowest BCUT2D eigenvalue weighted by Gasteiger charge is -2.31. The van der Waals surface area contributed by atoms with Crippen LogP contribution in [0.1, 0.15) is 66.8 Å². The van der Waals surface area contributed by atoms with Gasteiger partial charge in [0, 0.05) is 22.3 Å². The molecule has 1 aliphatic rings. The number of allylic oxidation sites excluding steroid dienone is 2. The fraction of sp³-hybridized carbons (Fsp3) is 0.184. The van der Waals surface area contributed by atoms with Crippen LogP contribution in [0.4, 0.5) is 0 Å². The summed E-state index contributed by atoms with van der Waals surface area (Å²) in [5.41, 5.74) is 21.0. The summed E-state index contributed by atoms with van der Waals surface area (Å²) in [4.78, 5) is 0. The lowest BCUT2D eigenvalue weighted by Crippen LogP contribution is -2.17. The van der Waals surface area contributed by atoms with E-state index in [9.17, 15) is 10.5 Å². The second kappa shape index (κ2) is 19.0. The minimum absolute atomic E-state index is 0.342. The highest BCUT2D eigenvalue weighted by Gasteiger charge is 2.28. The average molecular weight is 709 g/mol. The Morgan fingerprint density at radius 2 is 1.19 bits per heavy atom. The Morgan fingerprint density at radius 1 is 0.611 bits per heavy atom. The van der Waals surface area contributed by atoms with Gasteiger partial charge in [0.05, 0.1) is 23.3 Å². The maximum Gasteiger partial charge on any atom is 0.143 e. The van der Waals surface area contributed by atoms with E-state index in [1.165, 1.54) is 36.4 Å². The van der Waals surface area contributed by atoms with Gasteiger partial charge in [-0.1, -0.05) is 117 Å². The smallest absolute Gasteiger partial charge is 0.143 e. The van der Waals surface area contributed by atoms with E-state index in [1.54, 1.807) is 0 Å². The zero-order valence-corrected chi connectivity index (χ0v) is 31.6. The number of hydrogen-bond acceptors (Lipinski definition) is 5. The zero-order chi connectivity index (χ0) is 38.5. The number of benzene rings is 6. The topological polar surface area (TPSA) is 113 Å². The van der Waals surface area contributed by atoms with Crippen LogP contribution in [0.3, 0.4) is 0 Å². The van der Waals surface area contributed by atoms with Crippen molar-refractivity contribution in [2.75, 3.05) is 14.1 Å². The first-order chi connectivity index (χ1) is 26.7. The molecule has 5 nitrogen and oxygen atoms in total. The molecule has 0 aliphatic heterocycles. The highest BCUT2D eigenvalue weighted by molar-refractivity contribution is 6.15. The molecule has 5 heteroatoms. The number of hydrogen-bond donors (Lipinski definition) is 2. The summed E-state index contributed by atoms with van der Waals surface area (Å²) in [5, 5.41) is 21.5. The third kappa shape index (κ3) is 8.20. The van der Waals surface area contributed by atoms with Gasteiger partial charge in [-0.3, -0.25) is 0 Å². The number of nitriles is 2. The number of furan rings is 1. The van der Waals surface area contributed by atoms with Crippen molar-refractivity contribution in [2.24, 2.45) is 17.4 Å². The van der Waals surface area contributed by atoms with Crippen molar-refractivity contribution in [2.45, 2.75) is 39.0 Å². The Hall–Kier alpha value is -6.24. The maximum atomic E-state index is 9.68. The molecule has 0 spiro atoms. The van der Waals surface area contributed by atoms with Crippen LogP contribution in [0.2, 0.25) is 0 Å². The molecule has 0 fully saturated rings. The van der Waals surface area contributed by atoms with Gasteiger partial charge < -0.3 is 15.9 Å². The summed E-state index contributed by atoms with van der Waals surface area (Å²) in [6.07, 6.45) is 5.52. The van der Waals surface area contributed by atoms with Gasteiger partial charge in [0.1, 0.15) is 11.2 Å². The van der Waals surface area contributed by atoms with Crippen LogP contribution in [0.15, 0.2) is 150 Å². The minimum atomic E-state index is 0.342. The number of nitrogens with two attached hydrogens (primary N) is 2. The second-order valence-corrected chi connectivity index (χ2v) is 12.6. The molecule has 1 atom stereocenters. The summed E-state index contributed by atoms with van der Waals surface area (Å²) in [6, 6.07) is 52.5. The largest absolute Gasteiger partial charge is 0.455 e. The third-order valence-electron chi connectivity index (χ3n) is 9.81. The Bertz CT molecular complexity index is 2370. The summed E-state index contributed by atoms with van der Waals surface area (Å²) >= 11 is 0. The number of nitrogens with zero attached hydrogens (tertiary/aromatic N) is 2. The van der Waals surface area contributed by atoms with Crippen molar-refractivity contribution in [3.8, 4) is 34.4 Å². The lowest BCUT2D eigenvalue weighted by atomic mass is 9.73. The molecule has 0 amide bonds. The van der Waals surface area contributed by atoms with E-state index in [1.807, 2.05) is 62.4 Å². The SMILES string of the molecule is CC.CN.CN.N#Cc1cccc(-c2cc(-c3cccc(C#N)c3)c3oc4cccc(C5=CCC(C(c6ccccc6)c6ccccc6)CC5)c4c3c2)c1. The number of fused-ring (bicyclic) bond motifs is 3. The molecular formula is C49H48N4O. The van der Waals surface area contributed by atoms with Gasteiger partial charge in [-0.15, -0.1) is 0 Å². The molecule has 8 rings (SSSR count). The average Bonchev–Trinajstić information content (AvgIpc) is 3.66. The van der Waals surface area contributed by atoms with Gasteiger partial charge >= 0.3 is 0 Å². The first-order valence-electron chi connectivity index (χ1n) is 18.7. The van der Waals surface area contributed by atoms with Crippen LogP contribution in [0.25, 0.3) is 49.8 Å². The van der Waals surface area contributed by atoms with Crippen molar-refractivity contribution in [3.05, 3.63) is 173 Å². The van der Waals surface area contributed by atoms with Crippen LogP contribution in [0, 0.1) is 28.6 Å². The van der Waals surface area contributed by atoms with E-state index in [2.05, 4.69) is 121 Å². The van der Waals surface area contributed by atoms with Gasteiger partial charge in [-0.25, -0.2) is 0 Å². The monoisotopic (exact) mass is 708 g/mol. The van der Waals surface area contributed by atoms with Crippen LogP contribution >= 0.6 is 0 Å². The molecule has 6 aromatic carbocycles. The van der Waals surface area contributed by atoms with Crippen molar-refractivity contribution in [1.82, 2.24) is 0 Å². The molecule has 1 heterocycles. The van der Waals surface area contributed by atoms with E-state index >= 15 is 0 Å². The third-order valence-corrected chi connectivity index (χ3v) is 9.81. The van der Waals surface area contributed by atoms with Crippen molar-refractivity contribution < 1.29 is 4.42 Å². The first kappa shape index (κ1) is 39.0. The molecule has 0 saturated heterocycles. The fourth-order valence-electron chi connectivity index (χ4n) is 7.56. The maximum absolute atomic E-state index is 9.68. The second-order valence-electron chi connectivity index (χ2n) is 12.6. The number of rotatable bonds is 6. The fourth-order valence-corrected chi connectivity index (χ4v) is 7.56. The standard InChI is InChI=1S/C45H32N2O.C2H6.2CH5N/c46-28-30-10-7-16-36(24-30)38-26-40(37-17-8-11-31(25-37)29-47)45-41(27-38)44-39(18-9-19-42(44)48-45)32-20-22-35(23-21-32)43(33-12-3-1-4-13-33)34-14-5-2-6-15-34;3*1-2/h1-20,24-27,35,43H,21-23H2;1-2H3;2*2H2,1H3. The molecule has 4 N–H and O–H groups in total. The molecule has 54 heavy (non-hydrogen) atoms. The Morgan fingerprint density at radius 3 is 1.76 bits per heavy atom. The van der Waals surface area contributed by atoms with Crippen LogP contribution in [0.5, 0.6) is 0 Å². The highest BCUT2D eigenvalue weighted by Crippen LogP contribution is 2.46. The summed E-state index contributed by atoms with van der Waals surface area (Å²) in [5.74, 6) is 0.839. The van der Waals surface area contributed by atoms with E-state index in [4.69, 9.17) is 4.42 Å². The molecule has 0 radical (unpaired) electrons. The van der Waals surface area contributed by atoms with E-state index in [0.717, 1.165) is 63.5 Å². The zero-order valence-electron chi connectivity index (χ0n) is 31.6. The predicted octanol–water partition coefficient (Wildman–Crippen LogP) is 11.9. The van der Waals surface area contributed by atoms with Gasteiger partial charge in [0.25, 0.3) is 0 Å². The van der Waals surface area contributed by atoms with E-state index in [-0.39, 0.29) is 0 Å². The predicted molar refractivity (Wildman–Crippen MR) is 226 cm³/mol. The van der Waals surface area contributed by atoms with Crippen LogP contribution in [-0.2, 0) is 0 Å². The minimum Gasteiger partial charge on any atom is -0.455 e. The van der Waals surface area contributed by atoms with Gasteiger partial charge in [-0.2, -0.15) is 10.5 Å². The molecule has 0 saturated carbocycles. The Labute approximate surface area is 319 Å². The van der Waals surface area contributed by atoms with Crippen molar-refractivity contribution in [3.63, 3.8) is 0 Å². The summed E-state index contributed by atoms with van der Waals surface area (Å²) in [7, 11) is 3.00.